The fourth-order valence-electron chi connectivity index (χ4n) is 2.82. The van der Waals surface area contributed by atoms with Crippen molar-refractivity contribution in [1.29, 1.82) is 0 Å². The van der Waals surface area contributed by atoms with Gasteiger partial charge in [-0.05, 0) is 36.6 Å². The number of benzene rings is 1. The van der Waals surface area contributed by atoms with E-state index < -0.39 is 0 Å². The van der Waals surface area contributed by atoms with Gasteiger partial charge in [-0.1, -0.05) is 29.8 Å². The van der Waals surface area contributed by atoms with Crippen molar-refractivity contribution in [3.8, 4) is 0 Å². The van der Waals surface area contributed by atoms with Crippen LogP contribution in [0, 0.1) is 0 Å². The minimum absolute atomic E-state index is 0.150. The fourth-order valence-corrected chi connectivity index (χ4v) is 3.15. The van der Waals surface area contributed by atoms with E-state index in [1.807, 2.05) is 24.3 Å². The number of hydrogen-bond acceptors (Lipinski definition) is 2. The molecule has 122 valence electrons. The SMILES string of the molecule is CN=C(NCCc1ccco1)NCC1(c2ccccc2Cl)CC1. The summed E-state index contributed by atoms with van der Waals surface area (Å²) in [7, 11) is 1.79. The van der Waals surface area contributed by atoms with Gasteiger partial charge in [-0.15, -0.1) is 0 Å². The van der Waals surface area contributed by atoms with E-state index in [0.29, 0.717) is 0 Å². The summed E-state index contributed by atoms with van der Waals surface area (Å²) < 4.78 is 5.33. The van der Waals surface area contributed by atoms with Gasteiger partial charge in [0.1, 0.15) is 5.76 Å². The molecule has 1 aliphatic rings. The van der Waals surface area contributed by atoms with E-state index in [2.05, 4.69) is 27.8 Å². The molecular formula is C18H22ClN3O. The van der Waals surface area contributed by atoms with E-state index in [1.165, 1.54) is 5.56 Å². The summed E-state index contributed by atoms with van der Waals surface area (Å²) in [4.78, 5) is 4.28. The molecule has 0 amide bonds. The monoisotopic (exact) mass is 331 g/mol. The molecule has 1 aromatic heterocycles. The van der Waals surface area contributed by atoms with Crippen LogP contribution >= 0.6 is 11.6 Å². The molecule has 4 nitrogen and oxygen atoms in total. The summed E-state index contributed by atoms with van der Waals surface area (Å²) >= 11 is 6.35. The molecule has 5 heteroatoms. The second-order valence-electron chi connectivity index (χ2n) is 5.94. The van der Waals surface area contributed by atoms with Crippen molar-refractivity contribution in [1.82, 2.24) is 10.6 Å². The number of furan rings is 1. The van der Waals surface area contributed by atoms with E-state index >= 15 is 0 Å². The molecule has 0 bridgehead atoms. The quantitative estimate of drug-likeness (QED) is 0.630. The second kappa shape index (κ2) is 7.09. The Labute approximate surface area is 141 Å². The molecule has 0 atom stereocenters. The van der Waals surface area contributed by atoms with Crippen LogP contribution in [-0.2, 0) is 11.8 Å². The average molecular weight is 332 g/mol. The van der Waals surface area contributed by atoms with E-state index in [4.69, 9.17) is 16.0 Å². The minimum Gasteiger partial charge on any atom is -0.469 e. The average Bonchev–Trinajstić information content (AvgIpc) is 3.17. The molecule has 0 unspecified atom stereocenters. The van der Waals surface area contributed by atoms with E-state index in [-0.39, 0.29) is 5.41 Å². The maximum atomic E-state index is 6.35. The lowest BCUT2D eigenvalue weighted by atomic mass is 9.96. The van der Waals surface area contributed by atoms with Crippen molar-refractivity contribution in [3.05, 3.63) is 59.0 Å². The van der Waals surface area contributed by atoms with Crippen LogP contribution in [-0.4, -0.2) is 26.1 Å². The van der Waals surface area contributed by atoms with Crippen LogP contribution in [0.5, 0.6) is 0 Å². The first-order valence-corrected chi connectivity index (χ1v) is 8.33. The lowest BCUT2D eigenvalue weighted by molar-refractivity contribution is 0.506. The van der Waals surface area contributed by atoms with Crippen molar-refractivity contribution in [2.45, 2.75) is 24.7 Å². The van der Waals surface area contributed by atoms with Crippen LogP contribution in [0.1, 0.15) is 24.2 Å². The van der Waals surface area contributed by atoms with Gasteiger partial charge in [0.25, 0.3) is 0 Å². The standard InChI is InChI=1S/C18H22ClN3O/c1-20-17(21-11-8-14-5-4-12-23-14)22-13-18(9-10-18)15-6-2-3-7-16(15)19/h2-7,12H,8-11,13H2,1H3,(H2,20,21,22). The van der Waals surface area contributed by atoms with Crippen molar-refractivity contribution in [3.63, 3.8) is 0 Å². The third-order valence-electron chi connectivity index (χ3n) is 4.36. The van der Waals surface area contributed by atoms with Crippen LogP contribution in [0.25, 0.3) is 0 Å². The van der Waals surface area contributed by atoms with Crippen molar-refractivity contribution in [2.75, 3.05) is 20.1 Å². The predicted molar refractivity (Wildman–Crippen MR) is 94.1 cm³/mol. The molecule has 0 aliphatic heterocycles. The Hall–Kier alpha value is -1.94. The third kappa shape index (κ3) is 3.88. The normalized spacial score (nSPS) is 16.2. The van der Waals surface area contributed by atoms with Gasteiger partial charge in [0.05, 0.1) is 6.26 Å². The molecule has 1 aromatic carbocycles. The first-order chi connectivity index (χ1) is 11.2. The largest absolute Gasteiger partial charge is 0.469 e. The van der Waals surface area contributed by atoms with Crippen LogP contribution in [0.4, 0.5) is 0 Å². The van der Waals surface area contributed by atoms with E-state index in [9.17, 15) is 0 Å². The van der Waals surface area contributed by atoms with Crippen LogP contribution in [0.2, 0.25) is 5.02 Å². The minimum atomic E-state index is 0.150. The van der Waals surface area contributed by atoms with Gasteiger partial charge in [0.2, 0.25) is 0 Å². The number of nitrogens with one attached hydrogen (secondary N) is 2. The predicted octanol–water partition coefficient (Wildman–Crippen LogP) is 3.37. The van der Waals surface area contributed by atoms with Crippen molar-refractivity contribution < 1.29 is 4.42 Å². The first kappa shape index (κ1) is 15.9. The second-order valence-corrected chi connectivity index (χ2v) is 6.35. The first-order valence-electron chi connectivity index (χ1n) is 7.95. The molecule has 0 saturated heterocycles. The smallest absolute Gasteiger partial charge is 0.191 e. The van der Waals surface area contributed by atoms with Gasteiger partial charge in [-0.3, -0.25) is 4.99 Å². The summed E-state index contributed by atoms with van der Waals surface area (Å²) in [6.07, 6.45) is 4.85. The highest BCUT2D eigenvalue weighted by molar-refractivity contribution is 6.31. The number of aliphatic imine (C=N–C) groups is 1. The molecular weight excluding hydrogens is 310 g/mol. The molecule has 23 heavy (non-hydrogen) atoms. The van der Waals surface area contributed by atoms with Gasteiger partial charge in [-0.25, -0.2) is 0 Å². The Morgan fingerprint density at radius 2 is 2.04 bits per heavy atom. The number of guanidine groups is 1. The Bertz CT molecular complexity index is 663. The molecule has 2 aromatic rings. The lowest BCUT2D eigenvalue weighted by Crippen LogP contribution is -2.42. The van der Waals surface area contributed by atoms with Gasteiger partial charge >= 0.3 is 0 Å². The highest BCUT2D eigenvalue weighted by atomic mass is 35.5. The van der Waals surface area contributed by atoms with Crippen LogP contribution in [0.15, 0.2) is 52.1 Å². The number of nitrogens with zero attached hydrogens (tertiary/aromatic N) is 1. The van der Waals surface area contributed by atoms with Gasteiger partial charge in [0.15, 0.2) is 5.96 Å². The molecule has 1 fully saturated rings. The molecule has 0 radical (unpaired) electrons. The summed E-state index contributed by atoms with van der Waals surface area (Å²) in [6, 6.07) is 12.0. The zero-order valence-corrected chi connectivity index (χ0v) is 14.1. The summed E-state index contributed by atoms with van der Waals surface area (Å²) in [5, 5.41) is 7.60. The summed E-state index contributed by atoms with van der Waals surface area (Å²) in [6.45, 7) is 1.63. The van der Waals surface area contributed by atoms with E-state index in [0.717, 1.165) is 49.1 Å². The summed E-state index contributed by atoms with van der Waals surface area (Å²) in [5.74, 6) is 1.79. The molecule has 1 aliphatic carbocycles. The van der Waals surface area contributed by atoms with Gasteiger partial charge in [0, 0.05) is 37.0 Å². The van der Waals surface area contributed by atoms with Gasteiger partial charge < -0.3 is 15.1 Å². The zero-order valence-electron chi connectivity index (χ0n) is 13.3. The highest BCUT2D eigenvalue weighted by Crippen LogP contribution is 2.49. The Morgan fingerprint density at radius 1 is 1.22 bits per heavy atom. The van der Waals surface area contributed by atoms with E-state index in [1.54, 1.807) is 13.3 Å². The molecule has 3 rings (SSSR count). The molecule has 1 saturated carbocycles. The number of rotatable bonds is 6. The van der Waals surface area contributed by atoms with Crippen molar-refractivity contribution in [2.24, 2.45) is 4.99 Å². The maximum absolute atomic E-state index is 6.35. The maximum Gasteiger partial charge on any atom is 0.191 e. The fraction of sp³-hybridized carbons (Fsp3) is 0.389. The van der Waals surface area contributed by atoms with Crippen LogP contribution in [0.3, 0.4) is 0 Å². The Balaban J connectivity index is 1.51. The highest BCUT2D eigenvalue weighted by Gasteiger charge is 2.45. The number of halogens is 1. The topological polar surface area (TPSA) is 49.6 Å². The summed E-state index contributed by atoms with van der Waals surface area (Å²) in [5.41, 5.74) is 1.39. The molecule has 0 spiro atoms. The Morgan fingerprint density at radius 3 is 2.70 bits per heavy atom. The Kier molecular flexibility index (Phi) is 4.91. The zero-order chi connectivity index (χ0) is 16.1. The molecule has 1 heterocycles. The van der Waals surface area contributed by atoms with Crippen LogP contribution < -0.4 is 10.6 Å². The molecule has 2 N–H and O–H groups in total. The van der Waals surface area contributed by atoms with Gasteiger partial charge in [-0.2, -0.15) is 0 Å². The number of hydrogen-bond donors (Lipinski definition) is 2. The van der Waals surface area contributed by atoms with Crippen molar-refractivity contribution >= 4 is 17.6 Å². The lowest BCUT2D eigenvalue weighted by Gasteiger charge is -2.20. The third-order valence-corrected chi connectivity index (χ3v) is 4.69.